The average Bonchev–Trinajstić information content (AvgIpc) is 3.84. The summed E-state index contributed by atoms with van der Waals surface area (Å²) in [5.74, 6) is 1.22. The SMILES string of the molecule is COc1ccc(N)nc1.COc1ccc(NC(=O)c2ccc3c(cnn3C3CCCCO3)c2)nc1.O=C(O)c1ccc2c(cnn2C2CCCCO2)c1. The lowest BCUT2D eigenvalue weighted by Gasteiger charge is -2.23. The molecule has 8 rings (SSSR count). The highest BCUT2D eigenvalue weighted by Crippen LogP contribution is 2.28. The van der Waals surface area contributed by atoms with E-state index in [4.69, 9.17) is 29.8 Å². The highest BCUT2D eigenvalue weighted by Gasteiger charge is 2.20. The molecule has 0 saturated carbocycles. The number of fused-ring (bicyclic) bond motifs is 2. The number of amides is 1. The number of nitrogen functional groups attached to an aromatic ring is 1. The van der Waals surface area contributed by atoms with Crippen molar-refractivity contribution >= 4 is 45.3 Å². The van der Waals surface area contributed by atoms with E-state index in [1.54, 1.807) is 87.5 Å². The van der Waals surface area contributed by atoms with Crippen molar-refractivity contribution in [1.82, 2.24) is 29.5 Å². The fourth-order valence-corrected chi connectivity index (χ4v) is 5.95. The molecule has 15 heteroatoms. The molecule has 0 aliphatic carbocycles. The highest BCUT2D eigenvalue weighted by atomic mass is 16.5. The maximum atomic E-state index is 12.5. The number of hydrogen-bond acceptors (Lipinski definition) is 11. The van der Waals surface area contributed by atoms with Gasteiger partial charge in [-0.05, 0) is 99.2 Å². The zero-order valence-corrected chi connectivity index (χ0v) is 29.6. The number of methoxy groups -OCH3 is 2. The van der Waals surface area contributed by atoms with E-state index in [1.807, 2.05) is 21.5 Å². The van der Waals surface area contributed by atoms with Gasteiger partial charge in [0.25, 0.3) is 5.91 Å². The fraction of sp³-hybridized carbons (Fsp3) is 0.316. The van der Waals surface area contributed by atoms with E-state index < -0.39 is 5.97 Å². The number of aromatic carboxylic acids is 1. The Balaban J connectivity index is 0.000000153. The number of benzene rings is 2. The topological polar surface area (TPSA) is 191 Å². The van der Waals surface area contributed by atoms with E-state index in [0.717, 1.165) is 79.3 Å². The summed E-state index contributed by atoms with van der Waals surface area (Å²) in [5, 5.41) is 22.3. The predicted octanol–water partition coefficient (Wildman–Crippen LogP) is 6.50. The molecule has 2 atom stereocenters. The molecular weight excluding hydrogens is 680 g/mol. The molecule has 0 spiro atoms. The minimum atomic E-state index is -0.918. The average molecular weight is 723 g/mol. The van der Waals surface area contributed by atoms with Gasteiger partial charge in [0.15, 0.2) is 12.5 Å². The summed E-state index contributed by atoms with van der Waals surface area (Å²) in [4.78, 5) is 31.3. The Labute approximate surface area is 305 Å². The second-order valence-corrected chi connectivity index (χ2v) is 12.3. The number of carboxylic acid groups (broad SMARTS) is 1. The lowest BCUT2D eigenvalue weighted by molar-refractivity contribution is -0.0367. The second-order valence-electron chi connectivity index (χ2n) is 12.3. The molecule has 2 saturated heterocycles. The molecule has 4 N–H and O–H groups in total. The van der Waals surface area contributed by atoms with Crippen molar-refractivity contribution in [2.24, 2.45) is 0 Å². The van der Waals surface area contributed by atoms with E-state index in [1.165, 1.54) is 0 Å². The third-order valence-corrected chi connectivity index (χ3v) is 8.77. The Morgan fingerprint density at radius 3 is 1.75 bits per heavy atom. The quantitative estimate of drug-likeness (QED) is 0.162. The molecule has 2 fully saturated rings. The molecule has 53 heavy (non-hydrogen) atoms. The second kappa shape index (κ2) is 17.4. The van der Waals surface area contributed by atoms with Crippen LogP contribution in [0.1, 0.15) is 71.7 Å². The monoisotopic (exact) mass is 722 g/mol. The Morgan fingerprint density at radius 2 is 1.28 bits per heavy atom. The van der Waals surface area contributed by atoms with Crippen LogP contribution in [0.4, 0.5) is 11.6 Å². The maximum absolute atomic E-state index is 12.5. The van der Waals surface area contributed by atoms with Crippen LogP contribution < -0.4 is 20.5 Å². The van der Waals surface area contributed by atoms with Gasteiger partial charge in [0.1, 0.15) is 23.1 Å². The fourth-order valence-electron chi connectivity index (χ4n) is 5.95. The molecule has 2 unspecified atom stereocenters. The van der Waals surface area contributed by atoms with Gasteiger partial charge in [-0.15, -0.1) is 0 Å². The molecule has 1 amide bonds. The minimum Gasteiger partial charge on any atom is -0.495 e. The van der Waals surface area contributed by atoms with Crippen molar-refractivity contribution in [2.75, 3.05) is 38.5 Å². The van der Waals surface area contributed by atoms with Gasteiger partial charge < -0.3 is 35.1 Å². The molecule has 0 radical (unpaired) electrons. The van der Waals surface area contributed by atoms with Crippen LogP contribution >= 0.6 is 0 Å². The molecule has 4 aromatic heterocycles. The number of aromatic nitrogens is 6. The van der Waals surface area contributed by atoms with Crippen LogP contribution in [-0.4, -0.2) is 73.9 Å². The number of carboxylic acids is 1. The largest absolute Gasteiger partial charge is 0.495 e. The number of nitrogens with two attached hydrogens (primary N) is 1. The Morgan fingerprint density at radius 1 is 0.736 bits per heavy atom. The van der Waals surface area contributed by atoms with Crippen molar-refractivity contribution in [1.29, 1.82) is 0 Å². The van der Waals surface area contributed by atoms with E-state index in [9.17, 15) is 9.59 Å². The van der Waals surface area contributed by atoms with Gasteiger partial charge in [-0.3, -0.25) is 4.79 Å². The third kappa shape index (κ3) is 9.25. The number of rotatable bonds is 7. The number of carbonyl (C=O) groups excluding carboxylic acids is 1. The summed E-state index contributed by atoms with van der Waals surface area (Å²) < 4.78 is 25.2. The van der Waals surface area contributed by atoms with E-state index in [0.29, 0.717) is 22.9 Å². The summed E-state index contributed by atoms with van der Waals surface area (Å²) in [6.07, 6.45) is 13.0. The van der Waals surface area contributed by atoms with Gasteiger partial charge in [-0.25, -0.2) is 24.1 Å². The summed E-state index contributed by atoms with van der Waals surface area (Å²) in [6, 6.07) is 17.5. The molecule has 15 nitrogen and oxygen atoms in total. The number of ether oxygens (including phenoxy) is 4. The van der Waals surface area contributed by atoms with Crippen LogP contribution in [0.25, 0.3) is 21.8 Å². The molecule has 276 valence electrons. The van der Waals surface area contributed by atoms with Crippen LogP contribution in [0.3, 0.4) is 0 Å². The van der Waals surface area contributed by atoms with Crippen molar-refractivity contribution < 1.29 is 33.6 Å². The molecular formula is C38H42N8O7. The minimum absolute atomic E-state index is 0.0214. The maximum Gasteiger partial charge on any atom is 0.335 e. The Hall–Kier alpha value is -6.06. The van der Waals surface area contributed by atoms with Crippen molar-refractivity contribution in [3.63, 3.8) is 0 Å². The van der Waals surface area contributed by atoms with E-state index >= 15 is 0 Å². The summed E-state index contributed by atoms with van der Waals surface area (Å²) in [6.45, 7) is 1.53. The lowest BCUT2D eigenvalue weighted by Crippen LogP contribution is -2.19. The van der Waals surface area contributed by atoms with Crippen molar-refractivity contribution in [3.05, 3.63) is 96.6 Å². The zero-order chi connectivity index (χ0) is 37.2. The lowest BCUT2D eigenvalue weighted by atomic mass is 10.1. The molecule has 2 aliphatic heterocycles. The molecule has 0 bridgehead atoms. The first-order valence-electron chi connectivity index (χ1n) is 17.3. The smallest absolute Gasteiger partial charge is 0.335 e. The van der Waals surface area contributed by atoms with E-state index in [2.05, 4.69) is 25.5 Å². The van der Waals surface area contributed by atoms with Gasteiger partial charge in [0.05, 0.1) is 55.6 Å². The number of carbonyl (C=O) groups is 2. The summed E-state index contributed by atoms with van der Waals surface area (Å²) in [5.41, 5.74) is 8.05. The number of pyridine rings is 2. The van der Waals surface area contributed by atoms with Crippen molar-refractivity contribution in [3.8, 4) is 11.5 Å². The molecule has 6 heterocycles. The van der Waals surface area contributed by atoms with Crippen LogP contribution in [0.2, 0.25) is 0 Å². The van der Waals surface area contributed by atoms with Crippen LogP contribution in [0.5, 0.6) is 11.5 Å². The number of nitrogens with zero attached hydrogens (tertiary/aromatic N) is 6. The first kappa shape index (κ1) is 36.7. The van der Waals surface area contributed by atoms with Gasteiger partial charge >= 0.3 is 5.97 Å². The first-order chi connectivity index (χ1) is 25.8. The zero-order valence-electron chi connectivity index (χ0n) is 29.6. The van der Waals surface area contributed by atoms with Gasteiger partial charge in [0.2, 0.25) is 0 Å². The van der Waals surface area contributed by atoms with Gasteiger partial charge in [-0.1, -0.05) is 0 Å². The molecule has 2 aliphatic rings. The third-order valence-electron chi connectivity index (χ3n) is 8.77. The summed E-state index contributed by atoms with van der Waals surface area (Å²) in [7, 11) is 3.16. The van der Waals surface area contributed by atoms with Gasteiger partial charge in [0, 0.05) is 29.5 Å². The number of anilines is 2. The van der Waals surface area contributed by atoms with Gasteiger partial charge in [-0.2, -0.15) is 10.2 Å². The molecule has 2 aromatic carbocycles. The normalized spacial score (nSPS) is 16.8. The summed E-state index contributed by atoms with van der Waals surface area (Å²) >= 11 is 0. The number of hydrogen-bond donors (Lipinski definition) is 3. The van der Waals surface area contributed by atoms with Crippen LogP contribution in [0.15, 0.2) is 85.5 Å². The Bertz CT molecular complexity index is 2120. The first-order valence-corrected chi connectivity index (χ1v) is 17.3. The predicted molar refractivity (Wildman–Crippen MR) is 198 cm³/mol. The number of nitrogens with one attached hydrogen (secondary N) is 1. The van der Waals surface area contributed by atoms with Crippen molar-refractivity contribution in [2.45, 2.75) is 51.0 Å². The van der Waals surface area contributed by atoms with Crippen LogP contribution in [-0.2, 0) is 9.47 Å². The standard InChI is InChI=1S/C19H20N4O3.C13H14N2O3.C6H8N2O/c1-25-15-6-8-17(20-12-15)22-19(24)13-5-7-16-14(10-13)11-21-23(16)18-4-2-3-9-26-18;16-13(17)9-4-5-11-10(7-9)8-14-15(11)12-3-1-2-6-18-12;1-9-5-2-3-6(7)8-4-5/h5-8,10-12,18H,2-4,9H2,1H3,(H,20,22,24);4-5,7-8,12H,1-3,6H2,(H,16,17);2-4H,1H3,(H2,7,8). The Kier molecular flexibility index (Phi) is 12.1. The highest BCUT2D eigenvalue weighted by molar-refractivity contribution is 6.05. The van der Waals surface area contributed by atoms with E-state index in [-0.39, 0.29) is 23.9 Å². The molecule has 6 aromatic rings. The van der Waals surface area contributed by atoms with Crippen LogP contribution in [0, 0.1) is 0 Å².